The van der Waals surface area contributed by atoms with Gasteiger partial charge in [-0.1, -0.05) is 73.9 Å². The molecule has 1 spiro atoms. The minimum Gasteiger partial charge on any atom is -0.303 e. The molecule has 0 radical (unpaired) electrons. The van der Waals surface area contributed by atoms with Crippen molar-refractivity contribution in [3.8, 4) is 0 Å². The van der Waals surface area contributed by atoms with Gasteiger partial charge in [0.15, 0.2) is 0 Å². The number of benzene rings is 2. The molecule has 142 valence electrons. The van der Waals surface area contributed by atoms with Crippen molar-refractivity contribution >= 4 is 11.8 Å². The highest BCUT2D eigenvalue weighted by Crippen LogP contribution is 2.61. The van der Waals surface area contributed by atoms with Crippen molar-refractivity contribution in [2.24, 2.45) is 5.92 Å². The molecule has 3 aliphatic rings. The zero-order valence-corrected chi connectivity index (χ0v) is 17.1. The summed E-state index contributed by atoms with van der Waals surface area (Å²) in [7, 11) is 0. The van der Waals surface area contributed by atoms with E-state index in [-0.39, 0.29) is 0 Å². The Morgan fingerprint density at radius 2 is 1.56 bits per heavy atom. The molecule has 2 heteroatoms. The Labute approximate surface area is 168 Å². The van der Waals surface area contributed by atoms with E-state index in [1.54, 1.807) is 11.1 Å². The molecule has 0 aromatic heterocycles. The Morgan fingerprint density at radius 1 is 0.852 bits per heavy atom. The normalized spacial score (nSPS) is 25.6. The van der Waals surface area contributed by atoms with Crippen LogP contribution in [0.2, 0.25) is 0 Å². The van der Waals surface area contributed by atoms with E-state index < -0.39 is 0 Å². The van der Waals surface area contributed by atoms with Crippen molar-refractivity contribution in [3.05, 3.63) is 71.3 Å². The number of thioether (sulfide) groups is 1. The van der Waals surface area contributed by atoms with Gasteiger partial charge in [0.2, 0.25) is 0 Å². The van der Waals surface area contributed by atoms with Crippen LogP contribution in [0.3, 0.4) is 0 Å². The van der Waals surface area contributed by atoms with Crippen molar-refractivity contribution in [1.82, 2.24) is 4.90 Å². The Balaban J connectivity index is 1.33. The van der Waals surface area contributed by atoms with Crippen LogP contribution < -0.4 is 0 Å². The quantitative estimate of drug-likeness (QED) is 0.609. The Morgan fingerprint density at radius 3 is 2.33 bits per heavy atom. The molecule has 0 bridgehead atoms. The third kappa shape index (κ3) is 3.47. The molecule has 1 saturated carbocycles. The molecule has 2 aliphatic heterocycles. The average Bonchev–Trinajstić information content (AvgIpc) is 3.06. The van der Waals surface area contributed by atoms with Gasteiger partial charge in [-0.25, -0.2) is 0 Å². The van der Waals surface area contributed by atoms with Crippen LogP contribution in [0.25, 0.3) is 0 Å². The van der Waals surface area contributed by atoms with Crippen LogP contribution >= 0.6 is 11.8 Å². The van der Waals surface area contributed by atoms with E-state index in [1.165, 1.54) is 70.1 Å². The number of piperidine rings is 1. The highest BCUT2D eigenvalue weighted by molar-refractivity contribution is 8.01. The molecule has 1 aliphatic carbocycles. The lowest BCUT2D eigenvalue weighted by Crippen LogP contribution is -2.42. The predicted octanol–water partition coefficient (Wildman–Crippen LogP) is 6.39. The van der Waals surface area contributed by atoms with Crippen molar-refractivity contribution in [2.75, 3.05) is 19.6 Å². The van der Waals surface area contributed by atoms with Crippen LogP contribution in [0, 0.1) is 5.92 Å². The second-order valence-electron chi connectivity index (χ2n) is 8.79. The Kier molecular flexibility index (Phi) is 5.04. The first-order valence-electron chi connectivity index (χ1n) is 10.9. The van der Waals surface area contributed by atoms with E-state index in [1.807, 2.05) is 0 Å². The minimum absolute atomic E-state index is 0.333. The van der Waals surface area contributed by atoms with Crippen LogP contribution in [0.4, 0.5) is 0 Å². The van der Waals surface area contributed by atoms with E-state index in [9.17, 15) is 0 Å². The first-order valence-corrected chi connectivity index (χ1v) is 11.8. The fourth-order valence-corrected chi connectivity index (χ4v) is 7.40. The van der Waals surface area contributed by atoms with Crippen LogP contribution in [-0.2, 0) is 4.75 Å². The van der Waals surface area contributed by atoms with Crippen LogP contribution in [-0.4, -0.2) is 24.5 Å². The summed E-state index contributed by atoms with van der Waals surface area (Å²) in [6, 6.07) is 20.4. The molecule has 2 fully saturated rings. The largest absolute Gasteiger partial charge is 0.303 e. The highest BCUT2D eigenvalue weighted by atomic mass is 32.2. The summed E-state index contributed by atoms with van der Waals surface area (Å²) in [5.74, 6) is 0.966. The molecule has 1 atom stereocenters. The monoisotopic (exact) mass is 377 g/mol. The maximum absolute atomic E-state index is 2.78. The predicted molar refractivity (Wildman–Crippen MR) is 116 cm³/mol. The summed E-state index contributed by atoms with van der Waals surface area (Å²) in [4.78, 5) is 2.78. The molecule has 2 aromatic rings. The van der Waals surface area contributed by atoms with Gasteiger partial charge < -0.3 is 4.90 Å². The summed E-state index contributed by atoms with van der Waals surface area (Å²) in [6.07, 6.45) is 9.95. The van der Waals surface area contributed by atoms with Gasteiger partial charge in [0, 0.05) is 11.3 Å². The van der Waals surface area contributed by atoms with Crippen molar-refractivity contribution in [1.29, 1.82) is 0 Å². The topological polar surface area (TPSA) is 3.24 Å². The van der Waals surface area contributed by atoms with Gasteiger partial charge in [-0.15, -0.1) is 11.8 Å². The summed E-state index contributed by atoms with van der Waals surface area (Å²) in [5.41, 5.74) is 4.66. The van der Waals surface area contributed by atoms with E-state index in [0.29, 0.717) is 10.00 Å². The fourth-order valence-electron chi connectivity index (χ4n) is 5.59. The molecule has 1 unspecified atom stereocenters. The van der Waals surface area contributed by atoms with Gasteiger partial charge in [0.25, 0.3) is 0 Å². The van der Waals surface area contributed by atoms with Crippen molar-refractivity contribution < 1.29 is 0 Å². The standard InChI is InChI=1S/C25H31NS/c1-3-9-20(10-4-1)19-26-17-15-25(16-18-26)23-14-8-7-13-22(23)24(27-25)21-11-5-2-6-12-21/h2,5-8,11-14,20,24H,1,3-4,9-10,15-19H2. The first-order chi connectivity index (χ1) is 13.3. The van der Waals surface area contributed by atoms with E-state index in [0.717, 1.165) is 5.92 Å². The molecule has 27 heavy (non-hydrogen) atoms. The minimum atomic E-state index is 0.333. The number of hydrogen-bond donors (Lipinski definition) is 0. The van der Waals surface area contributed by atoms with Crippen molar-refractivity contribution in [2.45, 2.75) is 54.9 Å². The highest BCUT2D eigenvalue weighted by Gasteiger charge is 2.46. The summed E-state index contributed by atoms with van der Waals surface area (Å²) >= 11 is 2.24. The molecular formula is C25H31NS. The molecule has 0 N–H and O–H groups in total. The molecule has 2 aromatic carbocycles. The number of nitrogens with zero attached hydrogens (tertiary/aromatic N) is 1. The van der Waals surface area contributed by atoms with Gasteiger partial charge in [0.1, 0.15) is 0 Å². The van der Waals surface area contributed by atoms with Gasteiger partial charge in [-0.05, 0) is 61.4 Å². The van der Waals surface area contributed by atoms with Crippen molar-refractivity contribution in [3.63, 3.8) is 0 Å². The van der Waals surface area contributed by atoms with Gasteiger partial charge >= 0.3 is 0 Å². The molecule has 0 amide bonds. The third-order valence-corrected chi connectivity index (χ3v) is 8.93. The van der Waals surface area contributed by atoms with Crippen LogP contribution in [0.15, 0.2) is 54.6 Å². The maximum atomic E-state index is 2.78. The maximum Gasteiger partial charge on any atom is 0.0558 e. The summed E-state index contributed by atoms with van der Waals surface area (Å²) < 4.78 is 0.333. The number of likely N-dealkylation sites (tertiary alicyclic amines) is 1. The second-order valence-corrected chi connectivity index (χ2v) is 10.3. The molecule has 1 saturated heterocycles. The molecule has 1 nitrogen and oxygen atoms in total. The Hall–Kier alpha value is -1.25. The molecular weight excluding hydrogens is 346 g/mol. The zero-order chi connectivity index (χ0) is 18.1. The summed E-state index contributed by atoms with van der Waals surface area (Å²) in [6.45, 7) is 3.91. The lowest BCUT2D eigenvalue weighted by Gasteiger charge is -2.41. The fraction of sp³-hybridized carbons (Fsp3) is 0.520. The van der Waals surface area contributed by atoms with Gasteiger partial charge in [-0.2, -0.15) is 0 Å². The van der Waals surface area contributed by atoms with E-state index in [4.69, 9.17) is 0 Å². The lowest BCUT2D eigenvalue weighted by molar-refractivity contribution is 0.156. The SMILES string of the molecule is c1ccc(C2SC3(CCN(CC4CCCCC4)CC3)c3ccccc32)cc1. The van der Waals surface area contributed by atoms with E-state index >= 15 is 0 Å². The van der Waals surface area contributed by atoms with Crippen LogP contribution in [0.1, 0.15) is 66.9 Å². The smallest absolute Gasteiger partial charge is 0.0558 e. The Bertz CT molecular complexity index is 757. The number of rotatable bonds is 3. The van der Waals surface area contributed by atoms with Gasteiger partial charge in [-0.3, -0.25) is 0 Å². The van der Waals surface area contributed by atoms with Crippen LogP contribution in [0.5, 0.6) is 0 Å². The zero-order valence-electron chi connectivity index (χ0n) is 16.3. The lowest BCUT2D eigenvalue weighted by atomic mass is 9.83. The average molecular weight is 378 g/mol. The number of hydrogen-bond acceptors (Lipinski definition) is 2. The second kappa shape index (κ2) is 7.64. The number of fused-ring (bicyclic) bond motifs is 2. The van der Waals surface area contributed by atoms with Gasteiger partial charge in [0.05, 0.1) is 5.25 Å². The molecule has 2 heterocycles. The first kappa shape index (κ1) is 17.8. The molecule has 5 rings (SSSR count). The van der Waals surface area contributed by atoms with E-state index in [2.05, 4.69) is 71.3 Å². The third-order valence-electron chi connectivity index (χ3n) is 7.08. The summed E-state index contributed by atoms with van der Waals surface area (Å²) in [5, 5.41) is 0.507.